The maximum Gasteiger partial charge on any atom is 0.0117 e. The molecule has 0 unspecified atom stereocenters. The van der Waals surface area contributed by atoms with Crippen LogP contribution < -0.4 is 0 Å². The number of likely N-dealkylation sites (tertiary alicyclic amines) is 1. The van der Waals surface area contributed by atoms with E-state index in [2.05, 4.69) is 51.5 Å². The van der Waals surface area contributed by atoms with Crippen LogP contribution in [0.25, 0.3) is 0 Å². The van der Waals surface area contributed by atoms with E-state index in [1.807, 2.05) is 0 Å². The van der Waals surface area contributed by atoms with E-state index < -0.39 is 0 Å². The van der Waals surface area contributed by atoms with Gasteiger partial charge in [-0.15, -0.1) is 0 Å². The van der Waals surface area contributed by atoms with Gasteiger partial charge in [-0.05, 0) is 44.3 Å². The van der Waals surface area contributed by atoms with Crippen molar-refractivity contribution in [3.05, 3.63) is 0 Å². The molecule has 17 heavy (non-hydrogen) atoms. The summed E-state index contributed by atoms with van der Waals surface area (Å²) in [5.74, 6) is 0.785. The molecule has 0 spiro atoms. The van der Waals surface area contributed by atoms with Gasteiger partial charge in [-0.1, -0.05) is 34.6 Å². The summed E-state index contributed by atoms with van der Waals surface area (Å²) in [5.41, 5.74) is 0.441. The Bertz CT molecular complexity index is 209. The van der Waals surface area contributed by atoms with Crippen molar-refractivity contribution in [1.82, 2.24) is 9.80 Å². The molecule has 102 valence electrons. The molecule has 0 N–H and O–H groups in total. The van der Waals surface area contributed by atoms with E-state index in [0.717, 1.165) is 12.0 Å². The maximum absolute atomic E-state index is 2.64. The van der Waals surface area contributed by atoms with Crippen molar-refractivity contribution in [2.45, 2.75) is 53.5 Å². The lowest BCUT2D eigenvalue weighted by Crippen LogP contribution is -2.46. The van der Waals surface area contributed by atoms with Crippen LogP contribution >= 0.6 is 0 Å². The second-order valence-electron chi connectivity index (χ2n) is 7.40. The quantitative estimate of drug-likeness (QED) is 0.745. The minimum Gasteiger partial charge on any atom is -0.303 e. The fraction of sp³-hybridized carbons (Fsp3) is 1.00. The molecule has 0 bridgehead atoms. The normalized spacial score (nSPS) is 20.5. The van der Waals surface area contributed by atoms with Crippen LogP contribution in [0.1, 0.15) is 47.5 Å². The molecule has 1 saturated heterocycles. The van der Waals surface area contributed by atoms with Gasteiger partial charge in [0.2, 0.25) is 0 Å². The number of hydrogen-bond donors (Lipinski definition) is 0. The Morgan fingerprint density at radius 3 is 2.12 bits per heavy atom. The number of piperidine rings is 1. The fourth-order valence-electron chi connectivity index (χ4n) is 2.91. The van der Waals surface area contributed by atoms with Crippen LogP contribution in [-0.2, 0) is 0 Å². The zero-order valence-corrected chi connectivity index (χ0v) is 12.8. The zero-order valence-electron chi connectivity index (χ0n) is 12.8. The van der Waals surface area contributed by atoms with Gasteiger partial charge in [0.05, 0.1) is 0 Å². The zero-order chi connectivity index (χ0) is 13.1. The highest BCUT2D eigenvalue weighted by Gasteiger charge is 2.25. The fourth-order valence-corrected chi connectivity index (χ4v) is 2.91. The molecule has 0 aliphatic carbocycles. The lowest BCUT2D eigenvalue weighted by molar-refractivity contribution is 0.0968. The lowest BCUT2D eigenvalue weighted by atomic mass is 9.94. The van der Waals surface area contributed by atoms with Crippen molar-refractivity contribution in [2.75, 3.05) is 33.2 Å². The van der Waals surface area contributed by atoms with Crippen LogP contribution in [0.15, 0.2) is 0 Å². The van der Waals surface area contributed by atoms with Crippen LogP contribution in [0.5, 0.6) is 0 Å². The molecular weight excluding hydrogens is 208 g/mol. The Morgan fingerprint density at radius 2 is 1.71 bits per heavy atom. The molecule has 1 heterocycles. The van der Waals surface area contributed by atoms with Crippen LogP contribution in [0.3, 0.4) is 0 Å². The second kappa shape index (κ2) is 6.19. The van der Waals surface area contributed by atoms with E-state index in [0.29, 0.717) is 5.41 Å². The average Bonchev–Trinajstić information content (AvgIpc) is 2.15. The summed E-state index contributed by atoms with van der Waals surface area (Å²) < 4.78 is 0. The maximum atomic E-state index is 2.64. The van der Waals surface area contributed by atoms with E-state index in [1.54, 1.807) is 0 Å². The number of rotatable bonds is 4. The molecule has 0 aromatic carbocycles. The highest BCUT2D eigenvalue weighted by Crippen LogP contribution is 2.21. The first-order valence-corrected chi connectivity index (χ1v) is 7.20. The summed E-state index contributed by atoms with van der Waals surface area (Å²) in [5, 5.41) is 0. The van der Waals surface area contributed by atoms with Gasteiger partial charge in [0, 0.05) is 19.1 Å². The minimum atomic E-state index is 0.441. The van der Waals surface area contributed by atoms with E-state index >= 15 is 0 Å². The standard InChI is InChI=1S/C15H32N2/c1-13(2)11-16(6)14-7-9-17(10-8-14)12-15(3,4)5/h13-14H,7-12H2,1-6H3. The van der Waals surface area contributed by atoms with E-state index in [9.17, 15) is 0 Å². The minimum absolute atomic E-state index is 0.441. The van der Waals surface area contributed by atoms with Crippen LogP contribution in [0.2, 0.25) is 0 Å². The predicted octanol–water partition coefficient (Wildman–Crippen LogP) is 3.08. The molecule has 1 aliphatic rings. The van der Waals surface area contributed by atoms with Gasteiger partial charge in [-0.3, -0.25) is 0 Å². The molecule has 0 saturated carbocycles. The molecule has 1 rings (SSSR count). The van der Waals surface area contributed by atoms with E-state index in [4.69, 9.17) is 0 Å². The third-order valence-corrected chi connectivity index (χ3v) is 3.53. The number of nitrogens with zero attached hydrogens (tertiary/aromatic N) is 2. The Hall–Kier alpha value is -0.0800. The molecule has 0 radical (unpaired) electrons. The molecule has 1 aliphatic heterocycles. The third-order valence-electron chi connectivity index (χ3n) is 3.53. The van der Waals surface area contributed by atoms with Gasteiger partial charge in [-0.2, -0.15) is 0 Å². The van der Waals surface area contributed by atoms with E-state index in [-0.39, 0.29) is 0 Å². The van der Waals surface area contributed by atoms with Crippen LogP contribution in [0, 0.1) is 11.3 Å². The van der Waals surface area contributed by atoms with Crippen molar-refractivity contribution in [3.8, 4) is 0 Å². The summed E-state index contributed by atoms with van der Waals surface area (Å²) in [6.45, 7) is 16.7. The predicted molar refractivity (Wildman–Crippen MR) is 76.4 cm³/mol. The summed E-state index contributed by atoms with van der Waals surface area (Å²) in [4.78, 5) is 5.21. The highest BCUT2D eigenvalue weighted by atomic mass is 15.2. The first kappa shape index (κ1) is 15.0. The van der Waals surface area contributed by atoms with Crippen LogP contribution in [0.4, 0.5) is 0 Å². The monoisotopic (exact) mass is 240 g/mol. The van der Waals surface area contributed by atoms with Gasteiger partial charge < -0.3 is 9.80 Å². The first-order valence-electron chi connectivity index (χ1n) is 7.20. The molecule has 0 aromatic rings. The SMILES string of the molecule is CC(C)CN(C)C1CCN(CC(C)(C)C)CC1. The van der Waals surface area contributed by atoms with Crippen molar-refractivity contribution in [2.24, 2.45) is 11.3 Å². The molecule has 2 nitrogen and oxygen atoms in total. The van der Waals surface area contributed by atoms with Crippen molar-refractivity contribution >= 4 is 0 Å². The molecule has 0 aromatic heterocycles. The van der Waals surface area contributed by atoms with E-state index in [1.165, 1.54) is 39.0 Å². The van der Waals surface area contributed by atoms with Gasteiger partial charge >= 0.3 is 0 Å². The Morgan fingerprint density at radius 1 is 1.18 bits per heavy atom. The summed E-state index contributed by atoms with van der Waals surface area (Å²) in [6, 6.07) is 0.814. The van der Waals surface area contributed by atoms with Crippen molar-refractivity contribution in [1.29, 1.82) is 0 Å². The topological polar surface area (TPSA) is 6.48 Å². The highest BCUT2D eigenvalue weighted by molar-refractivity contribution is 4.80. The summed E-state index contributed by atoms with van der Waals surface area (Å²) >= 11 is 0. The van der Waals surface area contributed by atoms with Crippen molar-refractivity contribution < 1.29 is 0 Å². The Kier molecular flexibility index (Phi) is 5.46. The average molecular weight is 240 g/mol. The van der Waals surface area contributed by atoms with Gasteiger partial charge in [-0.25, -0.2) is 0 Å². The van der Waals surface area contributed by atoms with Gasteiger partial charge in [0.15, 0.2) is 0 Å². The van der Waals surface area contributed by atoms with Crippen LogP contribution in [-0.4, -0.2) is 49.1 Å². The summed E-state index contributed by atoms with van der Waals surface area (Å²) in [7, 11) is 2.30. The smallest absolute Gasteiger partial charge is 0.0117 e. The largest absolute Gasteiger partial charge is 0.303 e. The Labute approximate surface area is 108 Å². The first-order chi connectivity index (χ1) is 7.78. The Balaban J connectivity index is 2.30. The lowest BCUT2D eigenvalue weighted by Gasteiger charge is -2.39. The van der Waals surface area contributed by atoms with Crippen molar-refractivity contribution in [3.63, 3.8) is 0 Å². The second-order valence-corrected chi connectivity index (χ2v) is 7.40. The number of hydrogen-bond acceptors (Lipinski definition) is 2. The molecule has 0 amide bonds. The van der Waals surface area contributed by atoms with Gasteiger partial charge in [0.1, 0.15) is 0 Å². The molecule has 1 fully saturated rings. The third kappa shape index (κ3) is 5.87. The summed E-state index contributed by atoms with van der Waals surface area (Å²) in [6.07, 6.45) is 2.69. The molecule has 0 atom stereocenters. The molecule has 2 heteroatoms. The molecular formula is C15H32N2. The van der Waals surface area contributed by atoms with Gasteiger partial charge in [0.25, 0.3) is 0 Å².